The molecule has 1 aromatic heterocycles. The number of hydrogen-bond donors (Lipinski definition) is 0. The highest BCUT2D eigenvalue weighted by Crippen LogP contribution is 2.52. The number of halogens is 1. The molecule has 2 aromatic carbocycles. The Bertz CT molecular complexity index is 921. The fourth-order valence-electron chi connectivity index (χ4n) is 5.03. The summed E-state index contributed by atoms with van der Waals surface area (Å²) in [7, 11) is 2.30. The van der Waals surface area contributed by atoms with Gasteiger partial charge < -0.3 is 0 Å². The number of likely N-dealkylation sites (N-methyl/N-ethyl adjacent to an activating group) is 1. The van der Waals surface area contributed by atoms with E-state index in [1.54, 1.807) is 0 Å². The van der Waals surface area contributed by atoms with Gasteiger partial charge in [-0.15, -0.1) is 11.3 Å². The SMILES string of the molecule is CN1C2CC[C@@H]1C[C@H](c1ccc(Cl)cc1)C2c1ncc(-c2ccccc2)s1. The largest absolute Gasteiger partial charge is 0.300 e. The number of rotatable bonds is 3. The topological polar surface area (TPSA) is 16.1 Å². The van der Waals surface area contributed by atoms with E-state index in [4.69, 9.17) is 16.6 Å². The van der Waals surface area contributed by atoms with Crippen LogP contribution in [0.25, 0.3) is 10.4 Å². The van der Waals surface area contributed by atoms with Crippen molar-refractivity contribution in [2.24, 2.45) is 0 Å². The number of thiazole rings is 1. The fourth-order valence-corrected chi connectivity index (χ4v) is 6.31. The average Bonchev–Trinajstić information content (AvgIpc) is 3.26. The van der Waals surface area contributed by atoms with Gasteiger partial charge >= 0.3 is 0 Å². The van der Waals surface area contributed by atoms with Crippen LogP contribution in [0.3, 0.4) is 0 Å². The standard InChI is InChI=1S/C23H23ClN2S/c1-26-18-11-12-20(26)22(19(13-18)15-7-9-17(24)10-8-15)23-25-14-21(27-23)16-5-3-2-4-6-16/h2-10,14,18-20,22H,11-13H2,1H3/t18-,19-,20?,22?/m1/s1. The van der Waals surface area contributed by atoms with Crippen molar-refractivity contribution in [2.75, 3.05) is 7.05 Å². The van der Waals surface area contributed by atoms with E-state index in [-0.39, 0.29) is 0 Å². The summed E-state index contributed by atoms with van der Waals surface area (Å²) in [5.74, 6) is 0.975. The summed E-state index contributed by atoms with van der Waals surface area (Å²) in [5, 5.41) is 2.10. The number of hydrogen-bond acceptors (Lipinski definition) is 3. The lowest BCUT2D eigenvalue weighted by atomic mass is 9.76. The maximum absolute atomic E-state index is 6.15. The van der Waals surface area contributed by atoms with Crippen LogP contribution in [-0.4, -0.2) is 29.0 Å². The zero-order valence-electron chi connectivity index (χ0n) is 15.4. The van der Waals surface area contributed by atoms with Crippen LogP contribution >= 0.6 is 22.9 Å². The Labute approximate surface area is 169 Å². The Morgan fingerprint density at radius 1 is 1.04 bits per heavy atom. The maximum Gasteiger partial charge on any atom is 0.0983 e. The molecule has 4 heteroatoms. The number of fused-ring (bicyclic) bond motifs is 2. The van der Waals surface area contributed by atoms with E-state index in [9.17, 15) is 0 Å². The summed E-state index contributed by atoms with van der Waals surface area (Å²) >= 11 is 8.02. The van der Waals surface area contributed by atoms with Crippen molar-refractivity contribution in [1.82, 2.24) is 9.88 Å². The Morgan fingerprint density at radius 3 is 2.59 bits per heavy atom. The summed E-state index contributed by atoms with van der Waals surface area (Å²) in [4.78, 5) is 8.81. The minimum absolute atomic E-state index is 0.456. The molecule has 0 spiro atoms. The second-order valence-corrected chi connectivity index (χ2v) is 9.31. The normalized spacial score (nSPS) is 27.8. The second-order valence-electron chi connectivity index (χ2n) is 7.81. The van der Waals surface area contributed by atoms with Gasteiger partial charge in [0.15, 0.2) is 0 Å². The molecule has 2 fully saturated rings. The summed E-state index contributed by atoms with van der Waals surface area (Å²) in [6.07, 6.45) is 5.85. The van der Waals surface area contributed by atoms with Gasteiger partial charge in [-0.25, -0.2) is 4.98 Å². The third kappa shape index (κ3) is 3.12. The zero-order chi connectivity index (χ0) is 18.4. The smallest absolute Gasteiger partial charge is 0.0983 e. The average molecular weight is 395 g/mol. The molecule has 138 valence electrons. The van der Waals surface area contributed by atoms with Gasteiger partial charge in [0.05, 0.1) is 9.88 Å². The minimum atomic E-state index is 0.456. The van der Waals surface area contributed by atoms with E-state index in [0.717, 1.165) is 5.02 Å². The van der Waals surface area contributed by atoms with Crippen molar-refractivity contribution < 1.29 is 0 Å². The van der Waals surface area contributed by atoms with Gasteiger partial charge in [-0.05, 0) is 55.5 Å². The van der Waals surface area contributed by atoms with Crippen LogP contribution in [0.1, 0.15) is 41.7 Å². The second kappa shape index (κ2) is 7.05. The van der Waals surface area contributed by atoms with Crippen molar-refractivity contribution in [3.63, 3.8) is 0 Å². The van der Waals surface area contributed by atoms with Gasteiger partial charge in [-0.3, -0.25) is 4.90 Å². The Kier molecular flexibility index (Phi) is 4.55. The highest BCUT2D eigenvalue weighted by atomic mass is 35.5. The molecule has 3 aromatic rings. The van der Waals surface area contributed by atoms with Crippen LogP contribution in [0.5, 0.6) is 0 Å². The quantitative estimate of drug-likeness (QED) is 0.525. The monoisotopic (exact) mass is 394 g/mol. The molecule has 4 atom stereocenters. The first-order valence-corrected chi connectivity index (χ1v) is 10.9. The van der Waals surface area contributed by atoms with E-state index >= 15 is 0 Å². The first kappa shape index (κ1) is 17.4. The highest BCUT2D eigenvalue weighted by molar-refractivity contribution is 7.15. The van der Waals surface area contributed by atoms with E-state index in [0.29, 0.717) is 23.9 Å². The third-order valence-electron chi connectivity index (χ3n) is 6.43. The van der Waals surface area contributed by atoms with Crippen molar-refractivity contribution in [3.05, 3.63) is 76.4 Å². The van der Waals surface area contributed by atoms with Crippen molar-refractivity contribution in [1.29, 1.82) is 0 Å². The van der Waals surface area contributed by atoms with Gasteiger partial charge in [0.2, 0.25) is 0 Å². The lowest BCUT2D eigenvalue weighted by Crippen LogP contribution is -2.44. The van der Waals surface area contributed by atoms with E-state index in [1.807, 2.05) is 23.5 Å². The van der Waals surface area contributed by atoms with E-state index in [2.05, 4.69) is 60.6 Å². The predicted octanol–water partition coefficient (Wildman–Crippen LogP) is 6.20. The van der Waals surface area contributed by atoms with Crippen molar-refractivity contribution >= 4 is 22.9 Å². The van der Waals surface area contributed by atoms with Gasteiger partial charge in [0.1, 0.15) is 0 Å². The van der Waals surface area contributed by atoms with Gasteiger partial charge in [0.25, 0.3) is 0 Å². The molecule has 2 unspecified atom stereocenters. The lowest BCUT2D eigenvalue weighted by molar-refractivity contribution is 0.137. The summed E-state index contributed by atoms with van der Waals surface area (Å²) in [5.41, 5.74) is 2.67. The number of benzene rings is 2. The van der Waals surface area contributed by atoms with E-state index < -0.39 is 0 Å². The van der Waals surface area contributed by atoms with Crippen LogP contribution in [0.2, 0.25) is 5.02 Å². The summed E-state index contributed by atoms with van der Waals surface area (Å²) in [6.45, 7) is 0. The maximum atomic E-state index is 6.15. The van der Waals surface area contributed by atoms with Crippen LogP contribution in [0.15, 0.2) is 60.8 Å². The van der Waals surface area contributed by atoms with Gasteiger partial charge in [0, 0.05) is 29.2 Å². The van der Waals surface area contributed by atoms with E-state index in [1.165, 1.54) is 40.3 Å². The molecule has 0 amide bonds. The molecule has 0 radical (unpaired) electrons. The molecule has 2 aliphatic rings. The predicted molar refractivity (Wildman–Crippen MR) is 114 cm³/mol. The first-order valence-electron chi connectivity index (χ1n) is 9.69. The third-order valence-corrected chi connectivity index (χ3v) is 7.83. The van der Waals surface area contributed by atoms with Gasteiger partial charge in [-0.2, -0.15) is 0 Å². The molecular weight excluding hydrogens is 372 g/mol. The Morgan fingerprint density at radius 2 is 1.81 bits per heavy atom. The zero-order valence-corrected chi connectivity index (χ0v) is 17.0. The number of piperidine rings is 1. The number of nitrogens with zero attached hydrogens (tertiary/aromatic N) is 2. The minimum Gasteiger partial charge on any atom is -0.300 e. The first-order chi connectivity index (χ1) is 13.2. The molecule has 2 aliphatic heterocycles. The summed E-state index contributed by atoms with van der Waals surface area (Å²) < 4.78 is 0. The molecule has 0 N–H and O–H groups in total. The lowest BCUT2D eigenvalue weighted by Gasteiger charge is -2.42. The molecule has 2 saturated heterocycles. The highest BCUT2D eigenvalue weighted by Gasteiger charge is 2.47. The molecule has 2 nitrogen and oxygen atoms in total. The van der Waals surface area contributed by atoms with Crippen molar-refractivity contribution in [3.8, 4) is 10.4 Å². The summed E-state index contributed by atoms with van der Waals surface area (Å²) in [6, 6.07) is 20.4. The molecule has 27 heavy (non-hydrogen) atoms. The Hall–Kier alpha value is -1.68. The molecule has 0 aliphatic carbocycles. The Balaban J connectivity index is 1.54. The molecular formula is C23H23ClN2S. The van der Waals surface area contributed by atoms with Crippen molar-refractivity contribution in [2.45, 2.75) is 43.2 Å². The number of aromatic nitrogens is 1. The van der Waals surface area contributed by atoms with Gasteiger partial charge in [-0.1, -0.05) is 54.1 Å². The molecule has 0 saturated carbocycles. The van der Waals surface area contributed by atoms with Crippen LogP contribution < -0.4 is 0 Å². The van der Waals surface area contributed by atoms with Crippen LogP contribution in [0.4, 0.5) is 0 Å². The van der Waals surface area contributed by atoms with Crippen LogP contribution in [0, 0.1) is 0 Å². The fraction of sp³-hybridized carbons (Fsp3) is 0.348. The molecule has 3 heterocycles. The molecule has 2 bridgehead atoms. The molecule has 5 rings (SSSR count). The van der Waals surface area contributed by atoms with Crippen LogP contribution in [-0.2, 0) is 0 Å².